The quantitative estimate of drug-likeness (QED) is 0.525. The molecule has 118 valence electrons. The molecule has 3 heteroatoms. The summed E-state index contributed by atoms with van der Waals surface area (Å²) in [6, 6.07) is 27.5. The number of carbonyl (C=O) groups is 2. The second-order valence-electron chi connectivity index (χ2n) is 5.41. The maximum Gasteiger partial charge on any atom is 0.299 e. The summed E-state index contributed by atoms with van der Waals surface area (Å²) in [7, 11) is 0. The van der Waals surface area contributed by atoms with Gasteiger partial charge in [-0.2, -0.15) is 0 Å². The summed E-state index contributed by atoms with van der Waals surface area (Å²) in [5.74, 6) is -1.04. The molecule has 0 heterocycles. The van der Waals surface area contributed by atoms with Crippen LogP contribution in [0.2, 0.25) is 0 Å². The molecule has 3 rings (SSSR count). The van der Waals surface area contributed by atoms with E-state index < -0.39 is 11.7 Å². The van der Waals surface area contributed by atoms with Gasteiger partial charge in [-0.05, 0) is 17.7 Å². The van der Waals surface area contributed by atoms with Crippen LogP contribution in [-0.4, -0.2) is 11.7 Å². The van der Waals surface area contributed by atoms with Gasteiger partial charge in [0.05, 0.1) is 6.54 Å². The minimum atomic E-state index is -0.531. The van der Waals surface area contributed by atoms with E-state index in [2.05, 4.69) is 0 Å². The number of hydrogen-bond acceptors (Lipinski definition) is 2. The van der Waals surface area contributed by atoms with Crippen molar-refractivity contribution in [3.8, 4) is 0 Å². The van der Waals surface area contributed by atoms with Crippen molar-refractivity contribution in [3.63, 3.8) is 0 Å². The Hall–Kier alpha value is -3.20. The van der Waals surface area contributed by atoms with E-state index in [4.69, 9.17) is 0 Å². The fourth-order valence-corrected chi connectivity index (χ4v) is 2.49. The number of ketones is 1. The molecule has 1 amide bonds. The lowest BCUT2D eigenvalue weighted by Gasteiger charge is -2.22. The molecule has 0 aliphatic rings. The second kappa shape index (κ2) is 7.38. The van der Waals surface area contributed by atoms with Crippen molar-refractivity contribution >= 4 is 17.4 Å². The standard InChI is InChI=1S/C21H17NO2/c23-20(18-12-6-2-7-13-18)21(24)22(19-14-8-3-9-15-19)16-17-10-4-1-5-11-17/h1-15H,16H2. The van der Waals surface area contributed by atoms with E-state index in [9.17, 15) is 9.59 Å². The van der Waals surface area contributed by atoms with E-state index in [1.165, 1.54) is 4.90 Å². The molecule has 0 N–H and O–H groups in total. The third-order valence-corrected chi connectivity index (χ3v) is 3.73. The van der Waals surface area contributed by atoms with Crippen LogP contribution >= 0.6 is 0 Å². The van der Waals surface area contributed by atoms with E-state index >= 15 is 0 Å². The third kappa shape index (κ3) is 3.58. The van der Waals surface area contributed by atoms with Crippen LogP contribution < -0.4 is 4.90 Å². The highest BCUT2D eigenvalue weighted by molar-refractivity contribution is 6.47. The number of carbonyl (C=O) groups excluding carboxylic acids is 2. The fraction of sp³-hybridized carbons (Fsp3) is 0.0476. The molecule has 0 atom stereocenters. The van der Waals surface area contributed by atoms with E-state index in [0.29, 0.717) is 17.8 Å². The first kappa shape index (κ1) is 15.7. The first-order valence-corrected chi connectivity index (χ1v) is 7.76. The minimum absolute atomic E-state index is 0.349. The summed E-state index contributed by atoms with van der Waals surface area (Å²) < 4.78 is 0. The summed E-state index contributed by atoms with van der Waals surface area (Å²) in [5, 5.41) is 0. The minimum Gasteiger partial charge on any atom is -0.301 e. The fourth-order valence-electron chi connectivity index (χ4n) is 2.49. The Bertz CT molecular complexity index is 814. The van der Waals surface area contributed by atoms with E-state index in [0.717, 1.165) is 5.56 Å². The predicted octanol–water partition coefficient (Wildman–Crippen LogP) is 4.10. The molecule has 0 saturated heterocycles. The van der Waals surface area contributed by atoms with Gasteiger partial charge < -0.3 is 4.90 Å². The molecule has 0 unspecified atom stereocenters. The molecule has 24 heavy (non-hydrogen) atoms. The first-order chi connectivity index (χ1) is 11.8. The lowest BCUT2D eigenvalue weighted by Crippen LogP contribution is -2.36. The molecule has 3 nitrogen and oxygen atoms in total. The van der Waals surface area contributed by atoms with Gasteiger partial charge >= 0.3 is 0 Å². The van der Waals surface area contributed by atoms with Crippen molar-refractivity contribution in [1.29, 1.82) is 0 Å². The monoisotopic (exact) mass is 315 g/mol. The summed E-state index contributed by atoms with van der Waals surface area (Å²) in [6.45, 7) is 0.349. The lowest BCUT2D eigenvalue weighted by atomic mass is 10.1. The molecular weight excluding hydrogens is 298 g/mol. The number of rotatable bonds is 5. The van der Waals surface area contributed by atoms with Gasteiger partial charge in [0, 0.05) is 11.3 Å². The molecule has 0 bridgehead atoms. The van der Waals surface area contributed by atoms with Crippen LogP contribution in [0.25, 0.3) is 0 Å². The van der Waals surface area contributed by atoms with Crippen LogP contribution in [0.1, 0.15) is 15.9 Å². The lowest BCUT2D eigenvalue weighted by molar-refractivity contribution is -0.114. The summed E-state index contributed by atoms with van der Waals surface area (Å²) in [4.78, 5) is 26.9. The third-order valence-electron chi connectivity index (χ3n) is 3.73. The normalized spacial score (nSPS) is 10.2. The van der Waals surface area contributed by atoms with Gasteiger partial charge in [-0.3, -0.25) is 9.59 Å². The van der Waals surface area contributed by atoms with Crippen molar-refractivity contribution in [3.05, 3.63) is 102 Å². The maximum absolute atomic E-state index is 12.8. The highest BCUT2D eigenvalue weighted by Crippen LogP contribution is 2.18. The molecule has 3 aromatic rings. The zero-order valence-corrected chi connectivity index (χ0v) is 13.1. The molecule has 0 fully saturated rings. The molecular formula is C21H17NO2. The van der Waals surface area contributed by atoms with Crippen molar-refractivity contribution in [2.24, 2.45) is 0 Å². The first-order valence-electron chi connectivity index (χ1n) is 7.76. The number of Topliss-reactive ketones (excluding diaryl/α,β-unsaturated/α-hetero) is 1. The van der Waals surface area contributed by atoms with Crippen LogP contribution in [-0.2, 0) is 11.3 Å². The van der Waals surface area contributed by atoms with Crippen LogP contribution in [0.4, 0.5) is 5.69 Å². The van der Waals surface area contributed by atoms with E-state index in [1.54, 1.807) is 24.3 Å². The Morgan fingerprint density at radius 1 is 0.667 bits per heavy atom. The molecule has 0 aliphatic heterocycles. The van der Waals surface area contributed by atoms with Crippen molar-refractivity contribution in [1.82, 2.24) is 0 Å². The Balaban J connectivity index is 1.92. The molecule has 0 saturated carbocycles. The molecule has 3 aromatic carbocycles. The topological polar surface area (TPSA) is 37.4 Å². The Labute approximate surface area is 141 Å². The number of hydrogen-bond donors (Lipinski definition) is 0. The molecule has 0 aromatic heterocycles. The van der Waals surface area contributed by atoms with Gasteiger partial charge in [0.15, 0.2) is 0 Å². The smallest absolute Gasteiger partial charge is 0.299 e. The number of amides is 1. The van der Waals surface area contributed by atoms with Crippen molar-refractivity contribution < 1.29 is 9.59 Å². The average molecular weight is 315 g/mol. The van der Waals surface area contributed by atoms with Crippen LogP contribution in [0.3, 0.4) is 0 Å². The Kier molecular flexibility index (Phi) is 4.82. The predicted molar refractivity (Wildman–Crippen MR) is 94.8 cm³/mol. The second-order valence-corrected chi connectivity index (χ2v) is 5.41. The number of nitrogens with zero attached hydrogens (tertiary/aromatic N) is 1. The van der Waals surface area contributed by atoms with Gasteiger partial charge in [0.1, 0.15) is 0 Å². The van der Waals surface area contributed by atoms with Crippen molar-refractivity contribution in [2.75, 3.05) is 4.90 Å². The summed E-state index contributed by atoms with van der Waals surface area (Å²) in [5.41, 5.74) is 2.07. The van der Waals surface area contributed by atoms with Gasteiger partial charge in [-0.25, -0.2) is 0 Å². The molecule has 0 radical (unpaired) electrons. The van der Waals surface area contributed by atoms with Gasteiger partial charge in [-0.1, -0.05) is 78.9 Å². The largest absolute Gasteiger partial charge is 0.301 e. The highest BCUT2D eigenvalue weighted by atomic mass is 16.2. The summed E-state index contributed by atoms with van der Waals surface area (Å²) >= 11 is 0. The Morgan fingerprint density at radius 2 is 1.17 bits per heavy atom. The average Bonchev–Trinajstić information content (AvgIpc) is 2.67. The van der Waals surface area contributed by atoms with Crippen molar-refractivity contribution in [2.45, 2.75) is 6.54 Å². The molecule has 0 aliphatic carbocycles. The number of benzene rings is 3. The van der Waals surface area contributed by atoms with Crippen LogP contribution in [0.5, 0.6) is 0 Å². The maximum atomic E-state index is 12.8. The number of anilines is 1. The van der Waals surface area contributed by atoms with Gasteiger partial charge in [-0.15, -0.1) is 0 Å². The van der Waals surface area contributed by atoms with E-state index in [1.807, 2.05) is 66.7 Å². The van der Waals surface area contributed by atoms with E-state index in [-0.39, 0.29) is 0 Å². The molecule has 0 spiro atoms. The zero-order valence-electron chi connectivity index (χ0n) is 13.1. The zero-order chi connectivity index (χ0) is 16.8. The van der Waals surface area contributed by atoms with Gasteiger partial charge in [0.2, 0.25) is 0 Å². The summed E-state index contributed by atoms with van der Waals surface area (Å²) in [6.07, 6.45) is 0. The Morgan fingerprint density at radius 3 is 1.75 bits per heavy atom. The SMILES string of the molecule is O=C(C(=O)N(Cc1ccccc1)c1ccccc1)c1ccccc1. The highest BCUT2D eigenvalue weighted by Gasteiger charge is 2.24. The van der Waals surface area contributed by atoms with Crippen LogP contribution in [0.15, 0.2) is 91.0 Å². The van der Waals surface area contributed by atoms with Crippen LogP contribution in [0, 0.1) is 0 Å². The number of para-hydroxylation sites is 1. The van der Waals surface area contributed by atoms with Gasteiger partial charge in [0.25, 0.3) is 11.7 Å².